The van der Waals surface area contributed by atoms with Crippen molar-refractivity contribution < 1.29 is 9.21 Å². The van der Waals surface area contributed by atoms with Gasteiger partial charge in [-0.25, -0.2) is 4.79 Å². The van der Waals surface area contributed by atoms with Crippen molar-refractivity contribution in [2.75, 3.05) is 5.32 Å². The zero-order valence-electron chi connectivity index (χ0n) is 10.0. The number of carbonyl (C=O) groups excluding carboxylic acids is 1. The minimum Gasteiger partial charge on any atom is -0.408 e. The normalized spacial score (nSPS) is 10.7. The molecular formula is C13H8BrN3O3. The molecule has 0 aliphatic carbocycles. The standard InChI is InChI=1S/C13H8BrN3O3/c14-8-4-7(5-15-6-8)12(18)16-9-2-1-3-10-11(9)17-13(19)20-10/h1-6H,(H,16,18)(H,17,19). The largest absolute Gasteiger partial charge is 0.417 e. The highest BCUT2D eigenvalue weighted by Crippen LogP contribution is 2.21. The smallest absolute Gasteiger partial charge is 0.408 e. The number of nitrogens with one attached hydrogen (secondary N) is 2. The van der Waals surface area contributed by atoms with E-state index in [0.29, 0.717) is 26.8 Å². The zero-order valence-corrected chi connectivity index (χ0v) is 11.6. The number of halogens is 1. The van der Waals surface area contributed by atoms with Gasteiger partial charge in [-0.05, 0) is 34.1 Å². The molecule has 0 aliphatic heterocycles. The van der Waals surface area contributed by atoms with Gasteiger partial charge in [0.1, 0.15) is 5.52 Å². The third-order valence-electron chi connectivity index (χ3n) is 2.67. The first-order chi connectivity index (χ1) is 9.63. The number of rotatable bonds is 2. The number of anilines is 1. The molecule has 0 radical (unpaired) electrons. The van der Waals surface area contributed by atoms with Gasteiger partial charge in [0.25, 0.3) is 5.91 Å². The summed E-state index contributed by atoms with van der Waals surface area (Å²) >= 11 is 3.25. The zero-order chi connectivity index (χ0) is 14.1. The number of nitrogens with zero attached hydrogens (tertiary/aromatic N) is 1. The summed E-state index contributed by atoms with van der Waals surface area (Å²) in [5, 5.41) is 2.71. The van der Waals surface area contributed by atoms with Gasteiger partial charge in [-0.15, -0.1) is 0 Å². The second-order valence-electron chi connectivity index (χ2n) is 4.04. The number of pyridine rings is 1. The molecule has 0 saturated heterocycles. The maximum absolute atomic E-state index is 12.1. The number of H-pyrrole nitrogens is 1. The summed E-state index contributed by atoms with van der Waals surface area (Å²) < 4.78 is 5.64. The summed E-state index contributed by atoms with van der Waals surface area (Å²) in [4.78, 5) is 29.8. The predicted octanol–water partition coefficient (Wildman–Crippen LogP) is 2.53. The molecule has 0 spiro atoms. The second kappa shape index (κ2) is 4.93. The Morgan fingerprint density at radius 3 is 3.00 bits per heavy atom. The average Bonchev–Trinajstić information content (AvgIpc) is 2.80. The van der Waals surface area contributed by atoms with Crippen molar-refractivity contribution in [2.45, 2.75) is 0 Å². The molecule has 0 unspecified atom stereocenters. The summed E-state index contributed by atoms with van der Waals surface area (Å²) in [7, 11) is 0. The lowest BCUT2D eigenvalue weighted by molar-refractivity contribution is 0.102. The van der Waals surface area contributed by atoms with E-state index in [1.807, 2.05) is 0 Å². The van der Waals surface area contributed by atoms with Crippen LogP contribution >= 0.6 is 15.9 Å². The van der Waals surface area contributed by atoms with Crippen LogP contribution in [0.25, 0.3) is 11.1 Å². The molecule has 2 heterocycles. The highest BCUT2D eigenvalue weighted by molar-refractivity contribution is 9.10. The van der Waals surface area contributed by atoms with Crippen molar-refractivity contribution in [3.05, 3.63) is 57.2 Å². The average molecular weight is 334 g/mol. The summed E-state index contributed by atoms with van der Waals surface area (Å²) in [6.45, 7) is 0. The topological polar surface area (TPSA) is 88.0 Å². The Morgan fingerprint density at radius 1 is 1.35 bits per heavy atom. The number of fused-ring (bicyclic) bond motifs is 1. The molecule has 0 fully saturated rings. The highest BCUT2D eigenvalue weighted by atomic mass is 79.9. The molecule has 3 aromatic rings. The van der Waals surface area contributed by atoms with Gasteiger partial charge in [-0.2, -0.15) is 0 Å². The Morgan fingerprint density at radius 2 is 2.20 bits per heavy atom. The molecule has 100 valence electrons. The van der Waals surface area contributed by atoms with Crippen molar-refractivity contribution in [3.8, 4) is 0 Å². The fourth-order valence-corrected chi connectivity index (χ4v) is 2.17. The molecule has 1 amide bonds. The first-order valence-corrected chi connectivity index (χ1v) is 6.46. The molecule has 0 aliphatic rings. The number of hydrogen-bond donors (Lipinski definition) is 2. The minimum absolute atomic E-state index is 0.326. The third-order valence-corrected chi connectivity index (χ3v) is 3.10. The van der Waals surface area contributed by atoms with Crippen LogP contribution in [-0.4, -0.2) is 15.9 Å². The fraction of sp³-hybridized carbons (Fsp3) is 0. The molecule has 1 aromatic carbocycles. The van der Waals surface area contributed by atoms with Crippen LogP contribution in [0.3, 0.4) is 0 Å². The van der Waals surface area contributed by atoms with Crippen molar-refractivity contribution in [1.82, 2.24) is 9.97 Å². The Hall–Kier alpha value is -2.41. The number of hydrogen-bond acceptors (Lipinski definition) is 4. The van der Waals surface area contributed by atoms with E-state index in [2.05, 4.69) is 31.2 Å². The minimum atomic E-state index is -0.564. The van der Waals surface area contributed by atoms with Crippen LogP contribution in [0.4, 0.5) is 5.69 Å². The molecule has 7 heteroatoms. The van der Waals surface area contributed by atoms with Crippen LogP contribution in [0.15, 0.2) is 50.3 Å². The number of aromatic nitrogens is 2. The Balaban J connectivity index is 1.97. The number of oxazole rings is 1. The van der Waals surface area contributed by atoms with Crippen molar-refractivity contribution >= 4 is 38.6 Å². The van der Waals surface area contributed by atoms with E-state index in [1.165, 1.54) is 6.20 Å². The number of aromatic amines is 1. The maximum Gasteiger partial charge on any atom is 0.417 e. The molecule has 2 aromatic heterocycles. The molecule has 0 atom stereocenters. The monoisotopic (exact) mass is 333 g/mol. The van der Waals surface area contributed by atoms with Gasteiger partial charge in [0.05, 0.1) is 11.3 Å². The van der Waals surface area contributed by atoms with E-state index in [-0.39, 0.29) is 5.91 Å². The van der Waals surface area contributed by atoms with Crippen LogP contribution in [0.1, 0.15) is 10.4 Å². The van der Waals surface area contributed by atoms with Gasteiger partial charge in [0, 0.05) is 16.9 Å². The first kappa shape index (κ1) is 12.6. The lowest BCUT2D eigenvalue weighted by Gasteiger charge is -2.05. The molecule has 6 nitrogen and oxygen atoms in total. The molecule has 0 bridgehead atoms. The first-order valence-electron chi connectivity index (χ1n) is 5.67. The van der Waals surface area contributed by atoms with Crippen LogP contribution in [0.2, 0.25) is 0 Å². The molecule has 3 rings (SSSR count). The van der Waals surface area contributed by atoms with Crippen LogP contribution in [0.5, 0.6) is 0 Å². The van der Waals surface area contributed by atoms with E-state index in [0.717, 1.165) is 0 Å². The lowest BCUT2D eigenvalue weighted by atomic mass is 10.2. The van der Waals surface area contributed by atoms with E-state index in [4.69, 9.17) is 4.42 Å². The Kier molecular flexibility index (Phi) is 3.11. The van der Waals surface area contributed by atoms with Gasteiger partial charge < -0.3 is 9.73 Å². The van der Waals surface area contributed by atoms with Crippen LogP contribution in [0, 0.1) is 0 Å². The van der Waals surface area contributed by atoms with Crippen molar-refractivity contribution in [2.24, 2.45) is 0 Å². The molecule has 20 heavy (non-hydrogen) atoms. The summed E-state index contributed by atoms with van der Waals surface area (Å²) in [6, 6.07) is 6.66. The van der Waals surface area contributed by atoms with Gasteiger partial charge >= 0.3 is 5.76 Å². The predicted molar refractivity (Wildman–Crippen MR) is 76.7 cm³/mol. The van der Waals surface area contributed by atoms with E-state index >= 15 is 0 Å². The third kappa shape index (κ3) is 2.35. The summed E-state index contributed by atoms with van der Waals surface area (Å²) in [5.41, 5.74) is 1.72. The molecule has 0 saturated carbocycles. The highest BCUT2D eigenvalue weighted by Gasteiger charge is 2.11. The summed E-state index contributed by atoms with van der Waals surface area (Å²) in [5.74, 6) is -0.890. The number of benzene rings is 1. The number of carbonyl (C=O) groups is 1. The fourth-order valence-electron chi connectivity index (χ4n) is 1.81. The van der Waals surface area contributed by atoms with Gasteiger partial charge in [-0.3, -0.25) is 14.8 Å². The Bertz CT molecular complexity index is 853. The van der Waals surface area contributed by atoms with Gasteiger partial charge in [0.15, 0.2) is 5.58 Å². The van der Waals surface area contributed by atoms with E-state index < -0.39 is 5.76 Å². The van der Waals surface area contributed by atoms with E-state index in [1.54, 1.807) is 30.5 Å². The maximum atomic E-state index is 12.1. The number of para-hydroxylation sites is 1. The summed E-state index contributed by atoms with van der Waals surface area (Å²) in [6.07, 6.45) is 3.05. The SMILES string of the molecule is O=C(Nc1cccc2oc(=O)[nH]c12)c1cncc(Br)c1. The quantitative estimate of drug-likeness (QED) is 0.754. The Labute approximate surface area is 121 Å². The van der Waals surface area contributed by atoms with Crippen molar-refractivity contribution in [1.29, 1.82) is 0 Å². The van der Waals surface area contributed by atoms with Gasteiger partial charge in [-0.1, -0.05) is 6.07 Å². The number of amides is 1. The van der Waals surface area contributed by atoms with Crippen molar-refractivity contribution in [3.63, 3.8) is 0 Å². The second-order valence-corrected chi connectivity index (χ2v) is 4.95. The lowest BCUT2D eigenvalue weighted by Crippen LogP contribution is -2.12. The van der Waals surface area contributed by atoms with E-state index in [9.17, 15) is 9.59 Å². The van der Waals surface area contributed by atoms with Gasteiger partial charge in [0.2, 0.25) is 0 Å². The van der Waals surface area contributed by atoms with Crippen LogP contribution < -0.4 is 11.1 Å². The molecule has 2 N–H and O–H groups in total. The van der Waals surface area contributed by atoms with Crippen LogP contribution in [-0.2, 0) is 0 Å². The molecular weight excluding hydrogens is 326 g/mol.